The van der Waals surface area contributed by atoms with Gasteiger partial charge in [0.05, 0.1) is 10.6 Å². The number of unbranched alkanes of at least 4 members (excludes halogenated alkanes) is 1. The van der Waals surface area contributed by atoms with Crippen molar-refractivity contribution in [3.63, 3.8) is 0 Å². The third-order valence-electron chi connectivity index (χ3n) is 4.18. The van der Waals surface area contributed by atoms with E-state index >= 15 is 0 Å². The van der Waals surface area contributed by atoms with E-state index in [2.05, 4.69) is 11.8 Å². The van der Waals surface area contributed by atoms with Crippen LogP contribution in [0.25, 0.3) is 0 Å². The van der Waals surface area contributed by atoms with Crippen LogP contribution in [-0.2, 0) is 0 Å². The Morgan fingerprint density at radius 2 is 2.00 bits per heavy atom. The first-order valence-corrected chi connectivity index (χ1v) is 8.51. The summed E-state index contributed by atoms with van der Waals surface area (Å²) in [6.07, 6.45) is 3.30. The highest BCUT2D eigenvalue weighted by Gasteiger charge is 2.22. The Hall–Kier alpha value is -1.59. The van der Waals surface area contributed by atoms with Crippen LogP contribution in [0.4, 0.5) is 0 Å². The van der Waals surface area contributed by atoms with Crippen molar-refractivity contribution in [3.8, 4) is 0 Å². The molecule has 0 radical (unpaired) electrons. The molecule has 0 unspecified atom stereocenters. The van der Waals surface area contributed by atoms with E-state index in [1.807, 2.05) is 4.90 Å². The van der Waals surface area contributed by atoms with Gasteiger partial charge < -0.3 is 15.5 Å². The van der Waals surface area contributed by atoms with Crippen molar-refractivity contribution < 1.29 is 9.59 Å². The number of carbonyl (C=O) groups excluding carboxylic acids is 2. The number of carbonyl (C=O) groups is 2. The summed E-state index contributed by atoms with van der Waals surface area (Å²) in [5, 5.41) is 0.354. The predicted molar refractivity (Wildman–Crippen MR) is 91.8 cm³/mol. The highest BCUT2D eigenvalue weighted by Crippen LogP contribution is 2.20. The van der Waals surface area contributed by atoms with E-state index in [0.29, 0.717) is 29.2 Å². The van der Waals surface area contributed by atoms with Gasteiger partial charge in [0.2, 0.25) is 5.91 Å². The van der Waals surface area contributed by atoms with Gasteiger partial charge in [-0.3, -0.25) is 9.59 Å². The van der Waals surface area contributed by atoms with Crippen LogP contribution in [0.3, 0.4) is 0 Å². The molecule has 1 aromatic carbocycles. The van der Waals surface area contributed by atoms with E-state index in [9.17, 15) is 9.59 Å². The molecule has 0 aliphatic carbocycles. The summed E-state index contributed by atoms with van der Waals surface area (Å²) in [6, 6.07) is 4.59. The average Bonchev–Trinajstić information content (AvgIpc) is 2.78. The Morgan fingerprint density at radius 1 is 1.22 bits per heavy atom. The van der Waals surface area contributed by atoms with Gasteiger partial charge in [-0.2, -0.15) is 0 Å². The Balaban J connectivity index is 2.08. The molecule has 1 aliphatic heterocycles. The predicted octanol–water partition coefficient (Wildman–Crippen LogP) is 2.39. The van der Waals surface area contributed by atoms with Crippen molar-refractivity contribution in [1.82, 2.24) is 9.80 Å². The van der Waals surface area contributed by atoms with E-state index in [1.54, 1.807) is 6.07 Å². The van der Waals surface area contributed by atoms with Gasteiger partial charge in [0.1, 0.15) is 0 Å². The molecule has 1 aliphatic rings. The average molecular weight is 338 g/mol. The molecule has 1 heterocycles. The SMILES string of the molecule is CCCCN1CCCN(C(=O)c2cc(C(N)=O)ccc2Cl)CC1. The minimum Gasteiger partial charge on any atom is -0.366 e. The largest absolute Gasteiger partial charge is 0.366 e. The zero-order valence-corrected chi connectivity index (χ0v) is 14.3. The molecule has 0 saturated carbocycles. The molecule has 5 nitrogen and oxygen atoms in total. The van der Waals surface area contributed by atoms with Crippen LogP contribution in [0.5, 0.6) is 0 Å². The number of hydrogen-bond acceptors (Lipinski definition) is 3. The van der Waals surface area contributed by atoms with Crippen LogP contribution in [0, 0.1) is 0 Å². The summed E-state index contributed by atoms with van der Waals surface area (Å²) in [4.78, 5) is 28.3. The Labute approximate surface area is 142 Å². The van der Waals surface area contributed by atoms with Crippen molar-refractivity contribution in [2.24, 2.45) is 5.73 Å². The lowest BCUT2D eigenvalue weighted by Crippen LogP contribution is -2.35. The molecule has 2 rings (SSSR count). The summed E-state index contributed by atoms with van der Waals surface area (Å²) in [5.41, 5.74) is 5.94. The standard InChI is InChI=1S/C17H24ClN3O2/c1-2-3-7-20-8-4-9-21(11-10-20)17(23)14-12-13(16(19)22)5-6-15(14)18/h5-6,12H,2-4,7-11H2,1H3,(H2,19,22). The van der Waals surface area contributed by atoms with Gasteiger partial charge in [0.15, 0.2) is 0 Å². The number of nitrogens with zero attached hydrogens (tertiary/aromatic N) is 2. The Bertz CT molecular complexity index is 577. The van der Waals surface area contributed by atoms with Crippen molar-refractivity contribution in [3.05, 3.63) is 34.3 Å². The maximum absolute atomic E-state index is 12.7. The number of amides is 2. The maximum Gasteiger partial charge on any atom is 0.255 e. The van der Waals surface area contributed by atoms with E-state index in [0.717, 1.165) is 26.1 Å². The third-order valence-corrected chi connectivity index (χ3v) is 4.51. The number of halogens is 1. The number of primary amides is 1. The topological polar surface area (TPSA) is 66.6 Å². The summed E-state index contributed by atoms with van der Waals surface area (Å²) in [5.74, 6) is -0.687. The summed E-state index contributed by atoms with van der Waals surface area (Å²) in [6.45, 7) is 6.54. The van der Waals surface area contributed by atoms with E-state index in [1.165, 1.54) is 25.0 Å². The lowest BCUT2D eigenvalue weighted by molar-refractivity contribution is 0.0761. The van der Waals surface area contributed by atoms with Crippen LogP contribution in [0.2, 0.25) is 5.02 Å². The molecule has 0 spiro atoms. The normalized spacial score (nSPS) is 16.2. The third kappa shape index (κ3) is 4.69. The molecule has 1 saturated heterocycles. The molecule has 1 aromatic rings. The van der Waals surface area contributed by atoms with Crippen molar-refractivity contribution >= 4 is 23.4 Å². The monoisotopic (exact) mass is 337 g/mol. The zero-order valence-electron chi connectivity index (χ0n) is 13.6. The van der Waals surface area contributed by atoms with Crippen LogP contribution >= 0.6 is 11.6 Å². The fraction of sp³-hybridized carbons (Fsp3) is 0.529. The first kappa shape index (κ1) is 17.8. The van der Waals surface area contributed by atoms with E-state index in [-0.39, 0.29) is 5.91 Å². The highest BCUT2D eigenvalue weighted by atomic mass is 35.5. The lowest BCUT2D eigenvalue weighted by Gasteiger charge is -2.22. The molecule has 0 aromatic heterocycles. The molecule has 2 N–H and O–H groups in total. The molecule has 2 amide bonds. The number of hydrogen-bond donors (Lipinski definition) is 1. The van der Waals surface area contributed by atoms with E-state index < -0.39 is 5.91 Å². The van der Waals surface area contributed by atoms with Crippen LogP contribution in [0.15, 0.2) is 18.2 Å². The van der Waals surface area contributed by atoms with Crippen LogP contribution in [-0.4, -0.2) is 54.3 Å². The smallest absolute Gasteiger partial charge is 0.255 e. The first-order chi connectivity index (χ1) is 11.0. The number of rotatable bonds is 5. The first-order valence-electron chi connectivity index (χ1n) is 8.14. The van der Waals surface area contributed by atoms with Crippen molar-refractivity contribution in [2.45, 2.75) is 26.2 Å². The minimum atomic E-state index is -0.558. The van der Waals surface area contributed by atoms with Crippen molar-refractivity contribution in [1.29, 1.82) is 0 Å². The lowest BCUT2D eigenvalue weighted by atomic mass is 10.1. The summed E-state index contributed by atoms with van der Waals surface area (Å²) < 4.78 is 0. The molecular formula is C17H24ClN3O2. The molecule has 126 valence electrons. The van der Waals surface area contributed by atoms with Crippen molar-refractivity contribution in [2.75, 3.05) is 32.7 Å². The second kappa shape index (κ2) is 8.31. The molecule has 0 atom stereocenters. The number of benzene rings is 1. The van der Waals surface area contributed by atoms with Gasteiger partial charge in [0, 0.05) is 25.2 Å². The highest BCUT2D eigenvalue weighted by molar-refractivity contribution is 6.34. The van der Waals surface area contributed by atoms with Gasteiger partial charge in [-0.25, -0.2) is 0 Å². The van der Waals surface area contributed by atoms with Gasteiger partial charge in [0.25, 0.3) is 5.91 Å². The quantitative estimate of drug-likeness (QED) is 0.897. The molecule has 6 heteroatoms. The van der Waals surface area contributed by atoms with Gasteiger partial charge in [-0.05, 0) is 44.1 Å². The Morgan fingerprint density at radius 3 is 2.70 bits per heavy atom. The van der Waals surface area contributed by atoms with Crippen LogP contribution < -0.4 is 5.73 Å². The van der Waals surface area contributed by atoms with Gasteiger partial charge in [-0.1, -0.05) is 24.9 Å². The maximum atomic E-state index is 12.7. The molecular weight excluding hydrogens is 314 g/mol. The Kier molecular flexibility index (Phi) is 6.42. The summed E-state index contributed by atoms with van der Waals surface area (Å²) in [7, 11) is 0. The summed E-state index contributed by atoms with van der Waals surface area (Å²) >= 11 is 6.14. The van der Waals surface area contributed by atoms with Gasteiger partial charge in [-0.15, -0.1) is 0 Å². The molecule has 23 heavy (non-hydrogen) atoms. The van der Waals surface area contributed by atoms with E-state index in [4.69, 9.17) is 17.3 Å². The zero-order chi connectivity index (χ0) is 16.8. The van der Waals surface area contributed by atoms with Crippen LogP contribution in [0.1, 0.15) is 46.9 Å². The van der Waals surface area contributed by atoms with Gasteiger partial charge >= 0.3 is 0 Å². The molecule has 0 bridgehead atoms. The number of nitrogens with two attached hydrogens (primary N) is 1. The fourth-order valence-electron chi connectivity index (χ4n) is 2.79. The minimum absolute atomic E-state index is 0.129. The second-order valence-electron chi connectivity index (χ2n) is 5.90. The fourth-order valence-corrected chi connectivity index (χ4v) is 2.99. The molecule has 1 fully saturated rings. The second-order valence-corrected chi connectivity index (χ2v) is 6.31.